The first kappa shape index (κ1) is 19.4. The Bertz CT molecular complexity index is 1180. The SMILES string of the molecule is COc1ccc([C@@H]2C3=C(C[C@H](c4ccccc4)CC3=O)Nc3nc(C)nn32)cc1OC. The number of aryl methyl sites for hydroxylation is 1. The second-order valence-electron chi connectivity index (χ2n) is 7.90. The van der Waals surface area contributed by atoms with Crippen LogP contribution >= 0.6 is 0 Å². The molecule has 7 heteroatoms. The maximum absolute atomic E-state index is 13.5. The van der Waals surface area contributed by atoms with Crippen molar-refractivity contribution in [2.75, 3.05) is 19.5 Å². The van der Waals surface area contributed by atoms with Crippen LogP contribution in [0, 0.1) is 6.92 Å². The van der Waals surface area contributed by atoms with E-state index in [0.29, 0.717) is 29.7 Å². The van der Waals surface area contributed by atoms with Crippen LogP contribution in [0.5, 0.6) is 11.5 Å². The van der Waals surface area contributed by atoms with Gasteiger partial charge in [-0.15, -0.1) is 0 Å². The molecule has 0 saturated heterocycles. The van der Waals surface area contributed by atoms with E-state index in [2.05, 4.69) is 27.5 Å². The van der Waals surface area contributed by atoms with Crippen molar-refractivity contribution in [3.63, 3.8) is 0 Å². The Morgan fingerprint density at radius 3 is 2.52 bits per heavy atom. The largest absolute Gasteiger partial charge is 0.493 e. The molecule has 3 aromatic rings. The third kappa shape index (κ3) is 3.26. The van der Waals surface area contributed by atoms with Gasteiger partial charge in [0.05, 0.1) is 14.2 Å². The van der Waals surface area contributed by atoms with Gasteiger partial charge >= 0.3 is 0 Å². The summed E-state index contributed by atoms with van der Waals surface area (Å²) in [7, 11) is 3.21. The number of aromatic nitrogens is 3. The summed E-state index contributed by atoms with van der Waals surface area (Å²) in [6.45, 7) is 1.85. The number of hydrogen-bond donors (Lipinski definition) is 1. The molecule has 0 amide bonds. The quantitative estimate of drug-likeness (QED) is 0.692. The number of methoxy groups -OCH3 is 2. The van der Waals surface area contributed by atoms with Gasteiger partial charge in [-0.3, -0.25) is 4.79 Å². The fourth-order valence-electron chi connectivity index (χ4n) is 4.61. The summed E-state index contributed by atoms with van der Waals surface area (Å²) in [4.78, 5) is 18.0. The van der Waals surface area contributed by atoms with Crippen molar-refractivity contribution in [3.05, 3.63) is 76.8 Å². The number of fused-ring (bicyclic) bond motifs is 1. The van der Waals surface area contributed by atoms with Crippen LogP contribution in [0.15, 0.2) is 59.8 Å². The molecular formula is C24H24N4O3. The Balaban J connectivity index is 1.63. The zero-order chi connectivity index (χ0) is 21.5. The lowest BCUT2D eigenvalue weighted by Gasteiger charge is -2.35. The predicted molar refractivity (Wildman–Crippen MR) is 117 cm³/mol. The van der Waals surface area contributed by atoms with Gasteiger partial charge in [0.2, 0.25) is 5.95 Å². The third-order valence-corrected chi connectivity index (χ3v) is 6.02. The van der Waals surface area contributed by atoms with Crippen molar-refractivity contribution in [3.8, 4) is 11.5 Å². The van der Waals surface area contributed by atoms with Crippen molar-refractivity contribution in [2.24, 2.45) is 0 Å². The van der Waals surface area contributed by atoms with E-state index in [4.69, 9.17) is 9.47 Å². The Kier molecular flexibility index (Phi) is 4.73. The summed E-state index contributed by atoms with van der Waals surface area (Å²) < 4.78 is 12.7. The van der Waals surface area contributed by atoms with E-state index in [1.54, 1.807) is 18.9 Å². The number of ketones is 1. The second-order valence-corrected chi connectivity index (χ2v) is 7.90. The lowest BCUT2D eigenvalue weighted by molar-refractivity contribution is -0.116. The van der Waals surface area contributed by atoms with Crippen LogP contribution in [-0.2, 0) is 4.79 Å². The number of anilines is 1. The highest BCUT2D eigenvalue weighted by molar-refractivity contribution is 6.00. The van der Waals surface area contributed by atoms with Crippen molar-refractivity contribution in [1.29, 1.82) is 0 Å². The highest BCUT2D eigenvalue weighted by atomic mass is 16.5. The minimum Gasteiger partial charge on any atom is -0.493 e. The number of Topliss-reactive ketones (excluding diaryl/α,β-unsaturated/α-hetero) is 1. The monoisotopic (exact) mass is 416 g/mol. The van der Waals surface area contributed by atoms with E-state index < -0.39 is 0 Å². The summed E-state index contributed by atoms with van der Waals surface area (Å²) in [5, 5.41) is 7.99. The van der Waals surface area contributed by atoms with Crippen LogP contribution in [0.3, 0.4) is 0 Å². The van der Waals surface area contributed by atoms with Crippen LogP contribution in [-0.4, -0.2) is 34.8 Å². The van der Waals surface area contributed by atoms with Gasteiger partial charge in [-0.05, 0) is 42.5 Å². The van der Waals surface area contributed by atoms with Gasteiger partial charge in [-0.25, -0.2) is 4.68 Å². The zero-order valence-corrected chi connectivity index (χ0v) is 17.8. The summed E-state index contributed by atoms with van der Waals surface area (Å²) >= 11 is 0. The summed E-state index contributed by atoms with van der Waals surface area (Å²) in [6, 6.07) is 15.6. The molecule has 2 aliphatic rings. The molecule has 31 heavy (non-hydrogen) atoms. The highest BCUT2D eigenvalue weighted by Crippen LogP contribution is 2.45. The van der Waals surface area contributed by atoms with E-state index in [1.807, 2.05) is 43.3 Å². The Hall–Kier alpha value is -3.61. The van der Waals surface area contributed by atoms with Crippen LogP contribution < -0.4 is 14.8 Å². The summed E-state index contributed by atoms with van der Waals surface area (Å²) in [6.07, 6.45) is 1.22. The molecule has 0 unspecified atom stereocenters. The fourth-order valence-corrected chi connectivity index (χ4v) is 4.61. The average Bonchev–Trinajstić information content (AvgIpc) is 3.17. The van der Waals surface area contributed by atoms with E-state index in [0.717, 1.165) is 23.3 Å². The first-order chi connectivity index (χ1) is 15.1. The van der Waals surface area contributed by atoms with Crippen molar-refractivity contribution in [2.45, 2.75) is 31.7 Å². The number of rotatable bonds is 4. The Morgan fingerprint density at radius 1 is 1.00 bits per heavy atom. The lowest BCUT2D eigenvalue weighted by atomic mass is 9.78. The molecule has 0 bridgehead atoms. The topological polar surface area (TPSA) is 78.3 Å². The number of benzene rings is 2. The van der Waals surface area contributed by atoms with E-state index in [-0.39, 0.29) is 17.7 Å². The zero-order valence-electron chi connectivity index (χ0n) is 17.8. The van der Waals surface area contributed by atoms with E-state index in [9.17, 15) is 4.79 Å². The Labute approximate surface area is 180 Å². The number of carbonyl (C=O) groups is 1. The number of allylic oxidation sites excluding steroid dienone is 2. The molecule has 0 saturated carbocycles. The lowest BCUT2D eigenvalue weighted by Crippen LogP contribution is -2.33. The normalized spacial score (nSPS) is 20.0. The minimum absolute atomic E-state index is 0.126. The number of nitrogens with zero attached hydrogens (tertiary/aromatic N) is 3. The number of hydrogen-bond acceptors (Lipinski definition) is 6. The van der Waals surface area contributed by atoms with Gasteiger partial charge < -0.3 is 14.8 Å². The number of carbonyl (C=O) groups excluding carboxylic acids is 1. The summed E-state index contributed by atoms with van der Waals surface area (Å²) in [5.74, 6) is 2.83. The van der Waals surface area contributed by atoms with Gasteiger partial charge in [-0.2, -0.15) is 10.1 Å². The maximum Gasteiger partial charge on any atom is 0.226 e. The molecule has 0 spiro atoms. The van der Waals surface area contributed by atoms with Crippen molar-refractivity contribution < 1.29 is 14.3 Å². The third-order valence-electron chi connectivity index (χ3n) is 6.02. The smallest absolute Gasteiger partial charge is 0.226 e. The fraction of sp³-hybridized carbons (Fsp3) is 0.292. The molecule has 0 radical (unpaired) electrons. The minimum atomic E-state index is -0.364. The molecule has 1 aliphatic carbocycles. The van der Waals surface area contributed by atoms with Crippen LogP contribution in [0.4, 0.5) is 5.95 Å². The molecular weight excluding hydrogens is 392 g/mol. The molecule has 1 N–H and O–H groups in total. The highest BCUT2D eigenvalue weighted by Gasteiger charge is 2.39. The van der Waals surface area contributed by atoms with Gasteiger partial charge in [0, 0.05) is 17.7 Å². The number of ether oxygens (including phenoxy) is 2. The molecule has 158 valence electrons. The van der Waals surface area contributed by atoms with Gasteiger partial charge in [0.15, 0.2) is 17.3 Å². The average molecular weight is 416 g/mol. The molecule has 0 fully saturated rings. The molecule has 5 rings (SSSR count). The van der Waals surface area contributed by atoms with E-state index >= 15 is 0 Å². The molecule has 1 aromatic heterocycles. The summed E-state index contributed by atoms with van der Waals surface area (Å²) in [5.41, 5.74) is 3.75. The first-order valence-electron chi connectivity index (χ1n) is 10.3. The molecule has 2 atom stereocenters. The second kappa shape index (κ2) is 7.58. The first-order valence-corrected chi connectivity index (χ1v) is 10.3. The van der Waals surface area contributed by atoms with Crippen molar-refractivity contribution in [1.82, 2.24) is 14.8 Å². The van der Waals surface area contributed by atoms with Gasteiger partial charge in [-0.1, -0.05) is 36.4 Å². The van der Waals surface area contributed by atoms with Crippen LogP contribution in [0.2, 0.25) is 0 Å². The predicted octanol–water partition coefficient (Wildman–Crippen LogP) is 4.02. The Morgan fingerprint density at radius 2 is 1.77 bits per heavy atom. The standard InChI is InChI=1S/C24H24N4O3/c1-14-25-24-26-18-11-17(15-7-5-4-6-8-15)12-19(29)22(18)23(28(24)27-14)16-9-10-20(30-2)21(13-16)31-3/h4-10,13,17,23H,11-12H2,1-3H3,(H,25,26,27)/t17-,23+/m0/s1. The van der Waals surface area contributed by atoms with Crippen LogP contribution in [0.25, 0.3) is 0 Å². The van der Waals surface area contributed by atoms with E-state index in [1.165, 1.54) is 5.56 Å². The van der Waals surface area contributed by atoms with Gasteiger partial charge in [0.1, 0.15) is 11.9 Å². The molecule has 2 heterocycles. The molecule has 2 aromatic carbocycles. The molecule has 7 nitrogen and oxygen atoms in total. The van der Waals surface area contributed by atoms with Crippen LogP contribution in [0.1, 0.15) is 41.8 Å². The number of nitrogens with one attached hydrogen (secondary N) is 1. The van der Waals surface area contributed by atoms with Crippen molar-refractivity contribution >= 4 is 11.7 Å². The molecule has 1 aliphatic heterocycles. The van der Waals surface area contributed by atoms with Gasteiger partial charge in [0.25, 0.3) is 0 Å². The maximum atomic E-state index is 13.5.